The van der Waals surface area contributed by atoms with Gasteiger partial charge in [0, 0.05) is 23.3 Å². The molecule has 2 rings (SSSR count). The number of hydrogen-bond acceptors (Lipinski definition) is 3. The van der Waals surface area contributed by atoms with Crippen LogP contribution < -0.4 is 11.3 Å². The summed E-state index contributed by atoms with van der Waals surface area (Å²) in [6.45, 7) is 2.62. The molecule has 0 aliphatic heterocycles. The van der Waals surface area contributed by atoms with E-state index in [4.69, 9.17) is 17.4 Å². The topological polar surface area (TPSA) is 55.9 Å². The van der Waals surface area contributed by atoms with E-state index in [1.54, 1.807) is 29.1 Å². The predicted octanol–water partition coefficient (Wildman–Crippen LogP) is 2.25. The normalized spacial score (nSPS) is 12.7. The maximum Gasteiger partial charge on any atom is 0.129 e. The molecule has 6 heteroatoms. The first-order chi connectivity index (χ1) is 8.69. The molecule has 0 saturated heterocycles. The van der Waals surface area contributed by atoms with Crippen LogP contribution in [0.25, 0.3) is 0 Å². The minimum absolute atomic E-state index is 0.330. The molecular weight excluding hydrogens is 255 g/mol. The summed E-state index contributed by atoms with van der Waals surface area (Å²) in [5, 5.41) is 4.48. The van der Waals surface area contributed by atoms with Crippen LogP contribution in [-0.4, -0.2) is 9.78 Å². The van der Waals surface area contributed by atoms with E-state index in [1.165, 1.54) is 6.07 Å². The molecule has 0 amide bonds. The average molecular weight is 269 g/mol. The second kappa shape index (κ2) is 5.48. The summed E-state index contributed by atoms with van der Waals surface area (Å²) >= 11 is 6.05. The Hall–Kier alpha value is -1.43. The number of nitrogens with two attached hydrogens (primary N) is 1. The Morgan fingerprint density at radius 3 is 2.89 bits per heavy atom. The van der Waals surface area contributed by atoms with Gasteiger partial charge >= 0.3 is 0 Å². The molecule has 0 radical (unpaired) electrons. The quantitative estimate of drug-likeness (QED) is 0.661. The monoisotopic (exact) mass is 268 g/mol. The zero-order valence-electron chi connectivity index (χ0n) is 9.90. The van der Waals surface area contributed by atoms with E-state index in [9.17, 15) is 4.39 Å². The van der Waals surface area contributed by atoms with Gasteiger partial charge in [0.15, 0.2) is 0 Å². The van der Waals surface area contributed by atoms with Crippen molar-refractivity contribution in [1.82, 2.24) is 15.2 Å². The fourth-order valence-electron chi connectivity index (χ4n) is 1.96. The second-order valence-electron chi connectivity index (χ2n) is 3.81. The lowest BCUT2D eigenvalue weighted by Crippen LogP contribution is -2.31. The third kappa shape index (κ3) is 2.25. The van der Waals surface area contributed by atoms with Gasteiger partial charge in [-0.15, -0.1) is 0 Å². The summed E-state index contributed by atoms with van der Waals surface area (Å²) in [4.78, 5) is 0. The summed E-state index contributed by atoms with van der Waals surface area (Å²) in [6.07, 6.45) is 1.65. The van der Waals surface area contributed by atoms with Crippen LogP contribution in [0.4, 0.5) is 4.39 Å². The molecule has 3 N–H and O–H groups in total. The van der Waals surface area contributed by atoms with Crippen LogP contribution >= 0.6 is 11.6 Å². The van der Waals surface area contributed by atoms with E-state index in [-0.39, 0.29) is 0 Å². The highest BCUT2D eigenvalue weighted by atomic mass is 35.5. The highest BCUT2D eigenvalue weighted by molar-refractivity contribution is 6.31. The summed E-state index contributed by atoms with van der Waals surface area (Å²) in [5.74, 6) is 5.15. The van der Waals surface area contributed by atoms with Crippen molar-refractivity contribution >= 4 is 11.6 Å². The van der Waals surface area contributed by atoms with E-state index in [2.05, 4.69) is 10.5 Å². The number of nitrogens with zero attached hydrogens (tertiary/aromatic N) is 2. The number of nitrogens with one attached hydrogen (secondary N) is 1. The van der Waals surface area contributed by atoms with E-state index in [1.807, 2.05) is 6.92 Å². The minimum atomic E-state index is -0.527. The van der Waals surface area contributed by atoms with E-state index in [0.29, 0.717) is 17.1 Å². The Bertz CT molecular complexity index is 520. The minimum Gasteiger partial charge on any atom is -0.271 e. The first kappa shape index (κ1) is 13.0. The first-order valence-electron chi connectivity index (χ1n) is 5.60. The number of rotatable bonds is 4. The van der Waals surface area contributed by atoms with Crippen LogP contribution in [0.3, 0.4) is 0 Å². The van der Waals surface area contributed by atoms with E-state index < -0.39 is 11.9 Å². The molecule has 1 atom stereocenters. The lowest BCUT2D eigenvalue weighted by Gasteiger charge is -2.19. The van der Waals surface area contributed by atoms with Gasteiger partial charge in [-0.25, -0.2) is 9.82 Å². The molecule has 0 aliphatic carbocycles. The van der Waals surface area contributed by atoms with Crippen LogP contribution in [0.5, 0.6) is 0 Å². The largest absolute Gasteiger partial charge is 0.271 e. The van der Waals surface area contributed by atoms with Crippen molar-refractivity contribution in [1.29, 1.82) is 0 Å². The molecular formula is C12H14ClFN4. The highest BCUT2D eigenvalue weighted by Crippen LogP contribution is 2.29. The Kier molecular flexibility index (Phi) is 3.96. The van der Waals surface area contributed by atoms with Gasteiger partial charge < -0.3 is 0 Å². The molecule has 1 aromatic heterocycles. The van der Waals surface area contributed by atoms with Gasteiger partial charge in [0.25, 0.3) is 0 Å². The number of benzene rings is 1. The van der Waals surface area contributed by atoms with Crippen LogP contribution in [-0.2, 0) is 6.54 Å². The molecule has 18 heavy (non-hydrogen) atoms. The van der Waals surface area contributed by atoms with E-state index in [0.717, 1.165) is 5.69 Å². The number of hydrazine groups is 1. The van der Waals surface area contributed by atoms with Gasteiger partial charge in [-0.3, -0.25) is 10.5 Å². The average Bonchev–Trinajstić information content (AvgIpc) is 2.82. The van der Waals surface area contributed by atoms with Crippen molar-refractivity contribution in [2.75, 3.05) is 0 Å². The van der Waals surface area contributed by atoms with Crippen LogP contribution in [0.1, 0.15) is 24.2 Å². The van der Waals surface area contributed by atoms with Gasteiger partial charge in [0.2, 0.25) is 0 Å². The zero-order valence-corrected chi connectivity index (χ0v) is 10.7. The molecule has 1 heterocycles. The Morgan fingerprint density at radius 2 is 2.28 bits per heavy atom. The summed E-state index contributed by atoms with van der Waals surface area (Å²) in [6, 6.07) is 5.82. The van der Waals surface area contributed by atoms with Crippen molar-refractivity contribution in [3.8, 4) is 0 Å². The van der Waals surface area contributed by atoms with Gasteiger partial charge in [-0.2, -0.15) is 5.10 Å². The van der Waals surface area contributed by atoms with Gasteiger partial charge in [0.05, 0.1) is 11.7 Å². The molecule has 0 aliphatic rings. The molecule has 2 aromatic rings. The van der Waals surface area contributed by atoms with Crippen LogP contribution in [0, 0.1) is 5.82 Å². The number of hydrogen-bond donors (Lipinski definition) is 2. The molecule has 0 spiro atoms. The number of halogens is 2. The van der Waals surface area contributed by atoms with Crippen LogP contribution in [0.15, 0.2) is 30.5 Å². The number of aromatic nitrogens is 2. The van der Waals surface area contributed by atoms with Crippen molar-refractivity contribution in [3.05, 3.63) is 52.6 Å². The Balaban J connectivity index is 2.52. The summed E-state index contributed by atoms with van der Waals surface area (Å²) < 4.78 is 15.6. The fourth-order valence-corrected chi connectivity index (χ4v) is 2.23. The van der Waals surface area contributed by atoms with Crippen molar-refractivity contribution in [2.24, 2.45) is 5.84 Å². The second-order valence-corrected chi connectivity index (χ2v) is 4.21. The molecule has 0 fully saturated rings. The molecule has 0 bridgehead atoms. The lowest BCUT2D eigenvalue weighted by molar-refractivity contribution is 0.516. The molecule has 1 unspecified atom stereocenters. The predicted molar refractivity (Wildman–Crippen MR) is 68.5 cm³/mol. The summed E-state index contributed by atoms with van der Waals surface area (Å²) in [7, 11) is 0. The van der Waals surface area contributed by atoms with Gasteiger partial charge in [-0.1, -0.05) is 17.7 Å². The van der Waals surface area contributed by atoms with Gasteiger partial charge in [0.1, 0.15) is 5.82 Å². The van der Waals surface area contributed by atoms with Crippen LogP contribution in [0.2, 0.25) is 5.02 Å². The zero-order chi connectivity index (χ0) is 13.1. The maximum absolute atomic E-state index is 13.9. The molecule has 1 aromatic carbocycles. The van der Waals surface area contributed by atoms with Gasteiger partial charge in [-0.05, 0) is 25.1 Å². The highest BCUT2D eigenvalue weighted by Gasteiger charge is 2.22. The first-order valence-corrected chi connectivity index (χ1v) is 5.98. The standard InChI is InChI=1S/C12H14ClFN4/c1-2-18-10(6-7-16-18)12(17-15)11-8(13)4-3-5-9(11)14/h3-7,12,17H,2,15H2,1H3. The third-order valence-electron chi connectivity index (χ3n) is 2.80. The maximum atomic E-state index is 13.9. The fraction of sp³-hybridized carbons (Fsp3) is 0.250. The third-order valence-corrected chi connectivity index (χ3v) is 3.13. The Labute approximate surface area is 110 Å². The van der Waals surface area contributed by atoms with E-state index >= 15 is 0 Å². The van der Waals surface area contributed by atoms with Crippen molar-refractivity contribution < 1.29 is 4.39 Å². The molecule has 96 valence electrons. The molecule has 0 saturated carbocycles. The Morgan fingerprint density at radius 1 is 1.50 bits per heavy atom. The molecule has 4 nitrogen and oxygen atoms in total. The van der Waals surface area contributed by atoms with Crippen molar-refractivity contribution in [2.45, 2.75) is 19.5 Å². The lowest BCUT2D eigenvalue weighted by atomic mass is 10.0. The SMILES string of the molecule is CCn1nccc1C(NN)c1c(F)cccc1Cl. The smallest absolute Gasteiger partial charge is 0.129 e. The van der Waals surface area contributed by atoms with Crippen molar-refractivity contribution in [3.63, 3.8) is 0 Å². The summed E-state index contributed by atoms with van der Waals surface area (Å²) in [5.41, 5.74) is 3.69. The number of aryl methyl sites for hydroxylation is 1.